The van der Waals surface area contributed by atoms with Gasteiger partial charge in [-0.05, 0) is 29.8 Å². The zero-order chi connectivity index (χ0) is 19.1. The van der Waals surface area contributed by atoms with Gasteiger partial charge < -0.3 is 5.32 Å². The molecule has 0 unspecified atom stereocenters. The summed E-state index contributed by atoms with van der Waals surface area (Å²) in [4.78, 5) is 18.2. The largest absolute Gasteiger partial charge is 0.366 e. The normalized spacial score (nSPS) is 11.1. The van der Waals surface area contributed by atoms with Gasteiger partial charge in [-0.3, -0.25) is 9.20 Å². The number of anilines is 1. The Kier molecular flexibility index (Phi) is 3.81. The first-order chi connectivity index (χ1) is 13.8. The molecular formula is C22H14N4OS. The molecule has 3 heterocycles. The van der Waals surface area contributed by atoms with Crippen LogP contribution in [0.1, 0.15) is 11.1 Å². The first-order valence-electron chi connectivity index (χ1n) is 8.81. The second-order valence-corrected chi connectivity index (χ2v) is 7.46. The highest BCUT2D eigenvalue weighted by Gasteiger charge is 2.17. The molecule has 0 radical (unpaired) electrons. The number of hydrogen-bond donors (Lipinski definition) is 1. The molecule has 0 saturated carbocycles. The minimum atomic E-state index is -0.272. The Morgan fingerprint density at radius 3 is 2.64 bits per heavy atom. The van der Waals surface area contributed by atoms with Gasteiger partial charge in [-0.2, -0.15) is 5.26 Å². The first kappa shape index (κ1) is 16.5. The van der Waals surface area contributed by atoms with Crippen molar-refractivity contribution in [3.05, 3.63) is 88.1 Å². The van der Waals surface area contributed by atoms with Gasteiger partial charge in [0, 0.05) is 6.54 Å². The van der Waals surface area contributed by atoms with E-state index in [1.54, 1.807) is 12.1 Å². The lowest BCUT2D eigenvalue weighted by Crippen LogP contribution is -2.12. The Morgan fingerprint density at radius 2 is 1.82 bits per heavy atom. The Bertz CT molecular complexity index is 1440. The van der Waals surface area contributed by atoms with Gasteiger partial charge in [0.25, 0.3) is 0 Å². The average Bonchev–Trinajstić information content (AvgIpc) is 3.12. The molecule has 0 spiro atoms. The van der Waals surface area contributed by atoms with Gasteiger partial charge in [0.05, 0.1) is 15.6 Å². The van der Waals surface area contributed by atoms with Crippen LogP contribution in [0.2, 0.25) is 0 Å². The van der Waals surface area contributed by atoms with Gasteiger partial charge in [-0.1, -0.05) is 42.5 Å². The number of nitrogens with one attached hydrogen (secondary N) is 1. The minimum absolute atomic E-state index is 0.167. The summed E-state index contributed by atoms with van der Waals surface area (Å²) in [7, 11) is 0. The van der Waals surface area contributed by atoms with Crippen LogP contribution < -0.4 is 10.7 Å². The quantitative estimate of drug-likeness (QED) is 0.497. The van der Waals surface area contributed by atoms with Gasteiger partial charge in [0.15, 0.2) is 5.65 Å². The molecule has 6 heteroatoms. The summed E-state index contributed by atoms with van der Waals surface area (Å²) in [6.07, 6.45) is 0. The van der Waals surface area contributed by atoms with Gasteiger partial charge in [-0.25, -0.2) is 4.98 Å². The van der Waals surface area contributed by atoms with Crippen LogP contribution in [-0.4, -0.2) is 9.38 Å². The molecule has 28 heavy (non-hydrogen) atoms. The fraction of sp³-hybridized carbons (Fsp3) is 0.0455. The number of thiazole rings is 1. The van der Waals surface area contributed by atoms with Crippen molar-refractivity contribution < 1.29 is 0 Å². The number of nitrogens with zero attached hydrogens (tertiary/aromatic N) is 3. The van der Waals surface area contributed by atoms with Crippen molar-refractivity contribution in [2.24, 2.45) is 0 Å². The predicted molar refractivity (Wildman–Crippen MR) is 113 cm³/mol. The number of para-hydroxylation sites is 1. The first-order valence-corrected chi connectivity index (χ1v) is 9.63. The van der Waals surface area contributed by atoms with E-state index in [1.807, 2.05) is 59.0 Å². The average molecular weight is 382 g/mol. The minimum Gasteiger partial charge on any atom is -0.366 e. The molecule has 0 aliphatic carbocycles. The van der Waals surface area contributed by atoms with Gasteiger partial charge in [0.1, 0.15) is 22.3 Å². The lowest BCUT2D eigenvalue weighted by molar-refractivity contribution is 1.11. The smallest absolute Gasteiger partial charge is 0.210 e. The van der Waals surface area contributed by atoms with Gasteiger partial charge in [0.2, 0.25) is 5.43 Å². The third-order valence-electron chi connectivity index (χ3n) is 4.72. The zero-order valence-electron chi connectivity index (χ0n) is 14.7. The summed E-state index contributed by atoms with van der Waals surface area (Å²) in [6.45, 7) is 0.637. The molecule has 5 rings (SSSR count). The van der Waals surface area contributed by atoms with Gasteiger partial charge >= 0.3 is 0 Å². The second-order valence-electron chi connectivity index (χ2n) is 6.43. The van der Waals surface area contributed by atoms with Gasteiger partial charge in [-0.15, -0.1) is 11.3 Å². The highest BCUT2D eigenvalue weighted by Crippen LogP contribution is 2.30. The number of benzene rings is 2. The SMILES string of the molecule is N#Cc1c(=O)c2ccc(NCc3ccccc3)nc2n2c1sc1ccccc12. The van der Waals surface area contributed by atoms with E-state index in [0.29, 0.717) is 28.2 Å². The maximum absolute atomic E-state index is 12.9. The fourth-order valence-corrected chi connectivity index (χ4v) is 4.51. The maximum Gasteiger partial charge on any atom is 0.210 e. The van der Waals surface area contributed by atoms with Crippen LogP contribution in [0.25, 0.3) is 26.1 Å². The molecule has 0 aliphatic heterocycles. The Balaban J connectivity index is 1.75. The standard InChI is InChI=1S/C22H14N4OS/c23-12-16-20(27)15-10-11-19(24-13-14-6-2-1-3-7-14)25-21(15)26-17-8-4-5-9-18(17)28-22(16)26/h1-11H,13H2,(H,24,25). The lowest BCUT2D eigenvalue weighted by Gasteiger charge is -2.09. The number of rotatable bonds is 3. The Morgan fingerprint density at radius 1 is 1.04 bits per heavy atom. The van der Waals surface area contributed by atoms with Crippen molar-refractivity contribution in [1.82, 2.24) is 9.38 Å². The number of nitriles is 1. The second kappa shape index (κ2) is 6.48. The number of fused-ring (bicyclic) bond motifs is 5. The molecular weight excluding hydrogens is 368 g/mol. The van der Waals surface area contributed by atoms with Crippen LogP contribution in [0.5, 0.6) is 0 Å². The van der Waals surface area contributed by atoms with Crippen LogP contribution in [0, 0.1) is 11.3 Å². The maximum atomic E-state index is 12.9. The highest BCUT2D eigenvalue weighted by molar-refractivity contribution is 7.24. The van der Waals surface area contributed by atoms with Crippen LogP contribution in [0.4, 0.5) is 5.82 Å². The zero-order valence-corrected chi connectivity index (χ0v) is 15.5. The van der Waals surface area contributed by atoms with E-state index in [0.717, 1.165) is 15.8 Å². The predicted octanol–water partition coefficient (Wildman–Crippen LogP) is 4.55. The Labute approximate surface area is 164 Å². The summed E-state index contributed by atoms with van der Waals surface area (Å²) < 4.78 is 2.93. The molecule has 2 aromatic carbocycles. The van der Waals surface area contributed by atoms with Crippen LogP contribution in [0.15, 0.2) is 71.5 Å². The molecule has 5 nitrogen and oxygen atoms in total. The summed E-state index contributed by atoms with van der Waals surface area (Å²) in [5.41, 5.74) is 2.55. The van der Waals surface area contributed by atoms with Crippen molar-refractivity contribution in [2.45, 2.75) is 6.54 Å². The van der Waals surface area contributed by atoms with Crippen molar-refractivity contribution in [1.29, 1.82) is 5.26 Å². The van der Waals surface area contributed by atoms with E-state index >= 15 is 0 Å². The van der Waals surface area contributed by atoms with E-state index in [2.05, 4.69) is 11.4 Å². The van der Waals surface area contributed by atoms with Crippen LogP contribution in [-0.2, 0) is 6.54 Å². The third-order valence-corrected chi connectivity index (χ3v) is 5.86. The van der Waals surface area contributed by atoms with Crippen molar-refractivity contribution in [3.8, 4) is 6.07 Å². The number of aromatic nitrogens is 2. The molecule has 0 bridgehead atoms. The highest BCUT2D eigenvalue weighted by atomic mass is 32.1. The molecule has 0 amide bonds. The molecule has 0 fully saturated rings. The molecule has 3 aromatic heterocycles. The summed E-state index contributed by atoms with van der Waals surface area (Å²) in [5, 5.41) is 13.3. The van der Waals surface area contributed by atoms with Crippen molar-refractivity contribution >= 4 is 43.2 Å². The Hall–Kier alpha value is -3.69. The molecule has 1 N–H and O–H groups in total. The van der Waals surface area contributed by atoms with Crippen molar-refractivity contribution in [2.75, 3.05) is 5.32 Å². The molecule has 0 saturated heterocycles. The van der Waals surface area contributed by atoms with Crippen LogP contribution >= 0.6 is 11.3 Å². The van der Waals surface area contributed by atoms with E-state index in [4.69, 9.17) is 4.98 Å². The molecule has 0 atom stereocenters. The monoisotopic (exact) mass is 382 g/mol. The van der Waals surface area contributed by atoms with E-state index in [9.17, 15) is 10.1 Å². The fourth-order valence-electron chi connectivity index (χ4n) is 3.37. The van der Waals surface area contributed by atoms with Crippen LogP contribution in [0.3, 0.4) is 0 Å². The number of hydrogen-bond acceptors (Lipinski definition) is 5. The molecule has 134 valence electrons. The number of pyridine rings is 2. The molecule has 0 aliphatic rings. The van der Waals surface area contributed by atoms with Crippen molar-refractivity contribution in [3.63, 3.8) is 0 Å². The van der Waals surface area contributed by atoms with E-state index in [1.165, 1.54) is 11.3 Å². The lowest BCUT2D eigenvalue weighted by atomic mass is 10.2. The summed E-state index contributed by atoms with van der Waals surface area (Å²) in [5.74, 6) is 0.685. The van der Waals surface area contributed by atoms with E-state index < -0.39 is 0 Å². The van der Waals surface area contributed by atoms with E-state index in [-0.39, 0.29) is 11.0 Å². The summed E-state index contributed by atoms with van der Waals surface area (Å²) in [6, 6.07) is 23.5. The third kappa shape index (κ3) is 2.53. The topological polar surface area (TPSA) is 70.2 Å². The molecule has 5 aromatic rings. The summed E-state index contributed by atoms with van der Waals surface area (Å²) >= 11 is 1.44.